The van der Waals surface area contributed by atoms with Crippen LogP contribution in [0.3, 0.4) is 0 Å². The highest BCUT2D eigenvalue weighted by Crippen LogP contribution is 2.55. The zero-order chi connectivity index (χ0) is 21.0. The number of anilines is 3. The first-order chi connectivity index (χ1) is 13.7. The van der Waals surface area contributed by atoms with Crippen LogP contribution >= 0.6 is 11.6 Å². The Hall–Kier alpha value is -1.99. The van der Waals surface area contributed by atoms with Crippen LogP contribution in [-0.4, -0.2) is 25.7 Å². The molecule has 1 saturated heterocycles. The van der Waals surface area contributed by atoms with Crippen molar-refractivity contribution in [1.82, 2.24) is 5.32 Å². The molecule has 4 rings (SSSR count). The fourth-order valence-corrected chi connectivity index (χ4v) is 5.11. The molecule has 1 unspecified atom stereocenters. The van der Waals surface area contributed by atoms with Crippen molar-refractivity contribution in [3.63, 3.8) is 0 Å². The Morgan fingerprint density at radius 3 is 2.66 bits per heavy atom. The van der Waals surface area contributed by atoms with Gasteiger partial charge in [0.2, 0.25) is 0 Å². The molecule has 0 spiro atoms. The molecule has 2 aliphatic rings. The fourth-order valence-electron chi connectivity index (χ4n) is 4.93. The molecule has 0 bridgehead atoms. The summed E-state index contributed by atoms with van der Waals surface area (Å²) in [6.07, 6.45) is -2.95. The Balaban J connectivity index is 1.84. The van der Waals surface area contributed by atoms with Gasteiger partial charge in [-0.3, -0.25) is 0 Å². The lowest BCUT2D eigenvalue weighted by Crippen LogP contribution is -2.54. The van der Waals surface area contributed by atoms with E-state index in [2.05, 4.69) is 10.6 Å². The molecule has 2 aromatic rings. The summed E-state index contributed by atoms with van der Waals surface area (Å²) in [6.45, 7) is 3.45. The minimum Gasteiger partial charge on any atom is -0.367 e. The minimum absolute atomic E-state index is 0.0408. The van der Waals surface area contributed by atoms with Gasteiger partial charge in [-0.2, -0.15) is 13.2 Å². The van der Waals surface area contributed by atoms with Crippen molar-refractivity contribution in [3.05, 3.63) is 52.3 Å². The largest absolute Gasteiger partial charge is 0.418 e. The van der Waals surface area contributed by atoms with Crippen molar-refractivity contribution in [2.75, 3.05) is 30.4 Å². The molecule has 8 heteroatoms. The van der Waals surface area contributed by atoms with Crippen molar-refractivity contribution < 1.29 is 17.6 Å². The monoisotopic (exact) mass is 427 g/mol. The first-order valence-corrected chi connectivity index (χ1v) is 9.97. The summed E-state index contributed by atoms with van der Waals surface area (Å²) in [5, 5.41) is 6.21. The van der Waals surface area contributed by atoms with Gasteiger partial charge in [0, 0.05) is 36.4 Å². The Morgan fingerprint density at radius 1 is 1.24 bits per heavy atom. The highest BCUT2D eigenvalue weighted by molar-refractivity contribution is 6.31. The third kappa shape index (κ3) is 3.24. The summed E-state index contributed by atoms with van der Waals surface area (Å²) in [5.41, 5.74) is 0.702. The van der Waals surface area contributed by atoms with E-state index in [9.17, 15) is 17.6 Å². The van der Waals surface area contributed by atoms with Gasteiger partial charge in [0.25, 0.3) is 0 Å². The van der Waals surface area contributed by atoms with Crippen LogP contribution in [-0.2, 0) is 6.18 Å². The second-order valence-corrected chi connectivity index (χ2v) is 8.14. The van der Waals surface area contributed by atoms with Crippen LogP contribution in [0.4, 0.5) is 34.6 Å². The zero-order valence-corrected chi connectivity index (χ0v) is 16.9. The SMILES string of the molecule is CCC12CCNC[C@H]1c1cc(Nc3ccc(F)c(Cl)c3)cc(C(F)(F)F)c1N2C. The van der Waals surface area contributed by atoms with Gasteiger partial charge in [0.05, 0.1) is 16.3 Å². The van der Waals surface area contributed by atoms with Gasteiger partial charge in [-0.05, 0) is 55.3 Å². The van der Waals surface area contributed by atoms with Crippen molar-refractivity contribution in [1.29, 1.82) is 0 Å². The fraction of sp³-hybridized carbons (Fsp3) is 0.429. The average Bonchev–Trinajstić information content (AvgIpc) is 2.93. The Morgan fingerprint density at radius 2 is 2.00 bits per heavy atom. The molecule has 3 nitrogen and oxygen atoms in total. The summed E-state index contributed by atoms with van der Waals surface area (Å²) in [5.74, 6) is -0.620. The number of hydrogen-bond donors (Lipinski definition) is 2. The zero-order valence-electron chi connectivity index (χ0n) is 16.1. The maximum atomic E-state index is 14.0. The third-order valence-corrected chi connectivity index (χ3v) is 6.67. The molecule has 2 N–H and O–H groups in total. The Labute approximate surface area is 172 Å². The number of rotatable bonds is 3. The average molecular weight is 428 g/mol. The van der Waals surface area contributed by atoms with Crippen LogP contribution < -0.4 is 15.5 Å². The molecular weight excluding hydrogens is 406 g/mol. The topological polar surface area (TPSA) is 27.3 Å². The van der Waals surface area contributed by atoms with E-state index in [1.807, 2.05) is 11.8 Å². The molecule has 156 valence electrons. The molecular formula is C21H22ClF4N3. The summed E-state index contributed by atoms with van der Waals surface area (Å²) in [7, 11) is 1.77. The minimum atomic E-state index is -4.49. The van der Waals surface area contributed by atoms with Crippen LogP contribution in [0.2, 0.25) is 5.02 Å². The molecule has 2 aromatic carbocycles. The van der Waals surface area contributed by atoms with E-state index in [1.54, 1.807) is 13.1 Å². The standard InChI is InChI=1S/C21H22ClF4N3/c1-3-20-6-7-27-11-16(20)14-8-13(28-12-4-5-18(23)17(22)10-12)9-15(21(24,25)26)19(14)29(20)2/h4-5,8-10,16,27-28H,3,6-7,11H2,1-2H3/t16-,20?/m0/s1. The van der Waals surface area contributed by atoms with Crippen LogP contribution in [0, 0.1) is 5.82 Å². The predicted octanol–water partition coefficient (Wildman–Crippen LogP) is 5.92. The van der Waals surface area contributed by atoms with E-state index >= 15 is 0 Å². The van der Waals surface area contributed by atoms with Crippen molar-refractivity contribution in [2.24, 2.45) is 0 Å². The van der Waals surface area contributed by atoms with E-state index in [4.69, 9.17) is 11.6 Å². The van der Waals surface area contributed by atoms with Crippen molar-refractivity contribution in [3.8, 4) is 0 Å². The first kappa shape index (κ1) is 20.3. The molecule has 0 aromatic heterocycles. The molecule has 0 radical (unpaired) electrons. The van der Waals surface area contributed by atoms with E-state index in [1.165, 1.54) is 18.2 Å². The summed E-state index contributed by atoms with van der Waals surface area (Å²) < 4.78 is 55.5. The predicted molar refractivity (Wildman–Crippen MR) is 108 cm³/mol. The number of fused-ring (bicyclic) bond motifs is 3. The summed E-state index contributed by atoms with van der Waals surface area (Å²) in [4.78, 5) is 1.84. The molecule has 0 saturated carbocycles. The van der Waals surface area contributed by atoms with E-state index < -0.39 is 17.6 Å². The molecule has 0 amide bonds. The smallest absolute Gasteiger partial charge is 0.367 e. The van der Waals surface area contributed by atoms with Gasteiger partial charge in [0.1, 0.15) is 5.82 Å². The third-order valence-electron chi connectivity index (χ3n) is 6.38. The quantitative estimate of drug-likeness (QED) is 0.595. The Kier molecular flexibility index (Phi) is 4.94. The lowest BCUT2D eigenvalue weighted by Gasteiger charge is -2.45. The van der Waals surface area contributed by atoms with Crippen LogP contribution in [0.25, 0.3) is 0 Å². The summed E-state index contributed by atoms with van der Waals surface area (Å²) in [6, 6.07) is 6.91. The number of likely N-dealkylation sites (N-methyl/N-ethyl adjacent to an activating group) is 1. The second-order valence-electron chi connectivity index (χ2n) is 7.74. The number of nitrogens with one attached hydrogen (secondary N) is 2. The second kappa shape index (κ2) is 7.06. The molecule has 0 aliphatic carbocycles. The number of benzene rings is 2. The van der Waals surface area contributed by atoms with Crippen molar-refractivity contribution >= 4 is 28.7 Å². The molecule has 2 heterocycles. The maximum Gasteiger partial charge on any atom is 0.418 e. The molecule has 29 heavy (non-hydrogen) atoms. The Bertz CT molecular complexity index is 946. The van der Waals surface area contributed by atoms with E-state index in [0.717, 1.165) is 25.5 Å². The number of alkyl halides is 3. The van der Waals surface area contributed by atoms with E-state index in [-0.39, 0.29) is 22.2 Å². The molecule has 1 fully saturated rings. The maximum absolute atomic E-state index is 14.0. The number of piperidine rings is 1. The van der Waals surface area contributed by atoms with Gasteiger partial charge in [-0.1, -0.05) is 18.5 Å². The van der Waals surface area contributed by atoms with Gasteiger partial charge < -0.3 is 15.5 Å². The van der Waals surface area contributed by atoms with Crippen LogP contribution in [0.1, 0.15) is 36.8 Å². The van der Waals surface area contributed by atoms with Gasteiger partial charge in [-0.15, -0.1) is 0 Å². The highest BCUT2D eigenvalue weighted by atomic mass is 35.5. The number of hydrogen-bond acceptors (Lipinski definition) is 3. The lowest BCUT2D eigenvalue weighted by atomic mass is 9.75. The van der Waals surface area contributed by atoms with Crippen LogP contribution in [0.5, 0.6) is 0 Å². The summed E-state index contributed by atoms with van der Waals surface area (Å²) >= 11 is 5.82. The highest BCUT2D eigenvalue weighted by Gasteiger charge is 2.53. The normalized spacial score (nSPS) is 23.7. The van der Waals surface area contributed by atoms with Crippen LogP contribution in [0.15, 0.2) is 30.3 Å². The van der Waals surface area contributed by atoms with Gasteiger partial charge in [-0.25, -0.2) is 4.39 Å². The van der Waals surface area contributed by atoms with Crippen molar-refractivity contribution in [2.45, 2.75) is 37.4 Å². The molecule has 2 atom stereocenters. The first-order valence-electron chi connectivity index (χ1n) is 9.59. The number of nitrogens with zero attached hydrogens (tertiary/aromatic N) is 1. The lowest BCUT2D eigenvalue weighted by molar-refractivity contribution is -0.137. The van der Waals surface area contributed by atoms with E-state index in [0.29, 0.717) is 23.5 Å². The molecule has 2 aliphatic heterocycles. The number of halogens is 5. The van der Waals surface area contributed by atoms with Gasteiger partial charge >= 0.3 is 6.18 Å². The van der Waals surface area contributed by atoms with Gasteiger partial charge in [0.15, 0.2) is 0 Å².